The highest BCUT2D eigenvalue weighted by atomic mass is 31.2. The molecule has 0 aromatic carbocycles. The van der Waals surface area contributed by atoms with Crippen LogP contribution in [0.3, 0.4) is 0 Å². The molecule has 0 aliphatic heterocycles. The van der Waals surface area contributed by atoms with Crippen LogP contribution < -0.4 is 10.2 Å². The van der Waals surface area contributed by atoms with Gasteiger partial charge in [0.15, 0.2) is 0 Å². The zero-order chi connectivity index (χ0) is 35.1. The molecule has 2 N–H and O–H groups in total. The van der Waals surface area contributed by atoms with Crippen molar-refractivity contribution in [3.63, 3.8) is 0 Å². The van der Waals surface area contributed by atoms with E-state index in [0.717, 1.165) is 38.5 Å². The number of phosphoric acid groups is 1. The first-order valence-electron chi connectivity index (χ1n) is 19.5. The van der Waals surface area contributed by atoms with Gasteiger partial charge in [-0.2, -0.15) is 0 Å². The van der Waals surface area contributed by atoms with E-state index >= 15 is 0 Å². The number of rotatable bonds is 35. The van der Waals surface area contributed by atoms with Crippen LogP contribution in [-0.2, 0) is 18.4 Å². The van der Waals surface area contributed by atoms with Gasteiger partial charge in [-0.3, -0.25) is 9.36 Å². The quantitative estimate of drug-likeness (QED) is 0.0297. The number of aliphatic hydroxyl groups is 1. The number of nitrogens with one attached hydrogen (secondary N) is 1. The number of aliphatic hydroxyl groups excluding tert-OH is 1. The third kappa shape index (κ3) is 33.5. The minimum atomic E-state index is -4.55. The average molecular weight is 689 g/mol. The van der Waals surface area contributed by atoms with Crippen molar-refractivity contribution in [2.75, 3.05) is 40.9 Å². The average Bonchev–Trinajstić information content (AvgIpc) is 3.01. The molecule has 0 spiro atoms. The van der Waals surface area contributed by atoms with E-state index in [-0.39, 0.29) is 19.1 Å². The van der Waals surface area contributed by atoms with Crippen molar-refractivity contribution >= 4 is 13.7 Å². The van der Waals surface area contributed by atoms with Crippen molar-refractivity contribution in [3.05, 3.63) is 12.2 Å². The number of allylic oxidation sites excluding steroid dienone is 2. The number of carbonyl (C=O) groups is 1. The molecule has 8 nitrogen and oxygen atoms in total. The predicted octanol–water partition coefficient (Wildman–Crippen LogP) is 9.39. The summed E-state index contributed by atoms with van der Waals surface area (Å²) in [5.41, 5.74) is 0. The lowest BCUT2D eigenvalue weighted by Gasteiger charge is -2.30. The fourth-order valence-corrected chi connectivity index (χ4v) is 6.28. The van der Waals surface area contributed by atoms with Crippen LogP contribution in [-0.4, -0.2) is 68.5 Å². The van der Waals surface area contributed by atoms with E-state index in [9.17, 15) is 19.4 Å². The number of amides is 1. The summed E-state index contributed by atoms with van der Waals surface area (Å²) < 4.78 is 23.1. The minimum absolute atomic E-state index is 0.0122. The molecule has 47 heavy (non-hydrogen) atoms. The molecule has 0 saturated carbocycles. The molecule has 0 aliphatic rings. The number of quaternary nitrogens is 1. The van der Waals surface area contributed by atoms with Gasteiger partial charge in [-0.05, 0) is 38.5 Å². The summed E-state index contributed by atoms with van der Waals surface area (Å²) in [5, 5.41) is 13.7. The van der Waals surface area contributed by atoms with Crippen molar-refractivity contribution in [1.29, 1.82) is 0 Å². The molecule has 0 saturated heterocycles. The summed E-state index contributed by atoms with van der Waals surface area (Å²) in [6.45, 7) is 4.65. The lowest BCUT2D eigenvalue weighted by molar-refractivity contribution is -0.870. The molecule has 0 aliphatic carbocycles. The zero-order valence-corrected chi connectivity index (χ0v) is 32.4. The topological polar surface area (TPSA) is 108 Å². The van der Waals surface area contributed by atoms with Crippen LogP contribution in [0.25, 0.3) is 0 Å². The summed E-state index contributed by atoms with van der Waals surface area (Å²) in [5.74, 6) is -0.174. The third-order valence-electron chi connectivity index (χ3n) is 8.75. The van der Waals surface area contributed by atoms with Crippen LogP contribution in [0.1, 0.15) is 174 Å². The molecular weight excluding hydrogens is 611 g/mol. The van der Waals surface area contributed by atoms with Crippen LogP contribution in [0.15, 0.2) is 12.2 Å². The summed E-state index contributed by atoms with van der Waals surface area (Å²) in [4.78, 5) is 25.1. The Bertz CT molecular complexity index is 789. The summed E-state index contributed by atoms with van der Waals surface area (Å²) in [7, 11) is 1.30. The maximum absolute atomic E-state index is 12.7. The van der Waals surface area contributed by atoms with Crippen LogP contribution in [0.4, 0.5) is 0 Å². The van der Waals surface area contributed by atoms with E-state index < -0.39 is 20.0 Å². The van der Waals surface area contributed by atoms with Crippen LogP contribution in [0, 0.1) is 0 Å². The van der Waals surface area contributed by atoms with Crippen molar-refractivity contribution in [1.82, 2.24) is 5.32 Å². The Kier molecular flexibility index (Phi) is 30.7. The van der Waals surface area contributed by atoms with E-state index in [1.54, 1.807) is 0 Å². The van der Waals surface area contributed by atoms with E-state index in [4.69, 9.17) is 9.05 Å². The van der Waals surface area contributed by atoms with Crippen molar-refractivity contribution in [2.24, 2.45) is 0 Å². The van der Waals surface area contributed by atoms with Gasteiger partial charge in [-0.1, -0.05) is 142 Å². The second kappa shape index (κ2) is 31.2. The molecule has 0 heterocycles. The highest BCUT2D eigenvalue weighted by molar-refractivity contribution is 7.45. The molecule has 1 amide bonds. The summed E-state index contributed by atoms with van der Waals surface area (Å²) in [6.07, 6.45) is 32.3. The molecule has 0 aromatic rings. The van der Waals surface area contributed by atoms with Gasteiger partial charge in [0.1, 0.15) is 13.2 Å². The summed E-state index contributed by atoms with van der Waals surface area (Å²) in [6, 6.07) is -0.795. The lowest BCUT2D eigenvalue weighted by Crippen LogP contribution is -2.46. The monoisotopic (exact) mass is 689 g/mol. The van der Waals surface area contributed by atoms with Gasteiger partial charge in [-0.15, -0.1) is 0 Å². The maximum atomic E-state index is 12.7. The molecule has 0 bridgehead atoms. The second-order valence-corrected chi connectivity index (χ2v) is 16.0. The Labute approximate surface area is 291 Å². The molecule has 9 heteroatoms. The number of nitrogens with zero attached hydrogens (tertiary/aromatic N) is 1. The van der Waals surface area contributed by atoms with Gasteiger partial charge >= 0.3 is 0 Å². The number of unbranched alkanes of at least 4 members (excludes halogenated alkanes) is 20. The first-order chi connectivity index (χ1) is 22.5. The smallest absolute Gasteiger partial charge is 0.268 e. The SMILES string of the molecule is CCCCCCCCC/C=C\CCCCCCCCCC(=O)NC(COP(=O)([O-])OCC[N+](C)(C)C)C(O)CCCCCCCCC. The minimum Gasteiger partial charge on any atom is -0.756 e. The molecule has 0 fully saturated rings. The molecule has 0 aromatic heterocycles. The Morgan fingerprint density at radius 2 is 1.17 bits per heavy atom. The Morgan fingerprint density at radius 3 is 1.66 bits per heavy atom. The number of hydrogen-bond donors (Lipinski definition) is 2. The number of phosphoric ester groups is 1. The van der Waals surface area contributed by atoms with Crippen molar-refractivity contribution in [2.45, 2.75) is 187 Å². The van der Waals surface area contributed by atoms with Gasteiger partial charge in [0.25, 0.3) is 7.82 Å². The van der Waals surface area contributed by atoms with E-state index in [2.05, 4.69) is 31.3 Å². The third-order valence-corrected chi connectivity index (χ3v) is 9.72. The fraction of sp³-hybridized carbons (Fsp3) is 0.921. The predicted molar refractivity (Wildman–Crippen MR) is 196 cm³/mol. The van der Waals surface area contributed by atoms with Gasteiger partial charge in [0, 0.05) is 6.42 Å². The zero-order valence-electron chi connectivity index (χ0n) is 31.5. The number of likely N-dealkylation sites (N-methyl/N-ethyl adjacent to an activating group) is 1. The van der Waals surface area contributed by atoms with Crippen LogP contribution >= 0.6 is 7.82 Å². The van der Waals surface area contributed by atoms with Gasteiger partial charge in [0.2, 0.25) is 5.91 Å². The van der Waals surface area contributed by atoms with Gasteiger partial charge in [0.05, 0.1) is 39.9 Å². The normalized spacial score (nSPS) is 14.8. The number of hydrogen-bond acceptors (Lipinski definition) is 6. The molecule has 3 atom stereocenters. The molecular formula is C38H77N2O6P. The first-order valence-corrected chi connectivity index (χ1v) is 21.0. The first kappa shape index (κ1) is 46.2. The molecule has 0 rings (SSSR count). The van der Waals surface area contributed by atoms with Crippen LogP contribution in [0.2, 0.25) is 0 Å². The van der Waals surface area contributed by atoms with Crippen molar-refractivity contribution in [3.8, 4) is 0 Å². The molecule has 280 valence electrons. The second-order valence-electron chi connectivity index (χ2n) is 14.6. The largest absolute Gasteiger partial charge is 0.756 e. The van der Waals surface area contributed by atoms with E-state index in [1.165, 1.54) is 109 Å². The van der Waals surface area contributed by atoms with Crippen molar-refractivity contribution < 1.29 is 32.9 Å². The van der Waals surface area contributed by atoms with Gasteiger partial charge in [-0.25, -0.2) is 0 Å². The molecule has 0 radical (unpaired) electrons. The summed E-state index contributed by atoms with van der Waals surface area (Å²) >= 11 is 0. The highest BCUT2D eigenvalue weighted by Crippen LogP contribution is 2.38. The number of carbonyl (C=O) groups excluding carboxylic acids is 1. The highest BCUT2D eigenvalue weighted by Gasteiger charge is 2.24. The molecule has 3 unspecified atom stereocenters. The maximum Gasteiger partial charge on any atom is 0.268 e. The Morgan fingerprint density at radius 1 is 0.723 bits per heavy atom. The van der Waals surface area contributed by atoms with Crippen LogP contribution in [0.5, 0.6) is 0 Å². The van der Waals surface area contributed by atoms with E-state index in [0.29, 0.717) is 23.9 Å². The fourth-order valence-electron chi connectivity index (χ4n) is 5.56. The van der Waals surface area contributed by atoms with E-state index in [1.807, 2.05) is 21.1 Å². The van der Waals surface area contributed by atoms with Gasteiger partial charge < -0.3 is 28.8 Å². The lowest BCUT2D eigenvalue weighted by atomic mass is 10.0. The Hall–Kier alpha value is -0.760. The standard InChI is InChI=1S/C38H77N2O6P/c1-6-8-10-12-14-15-16-17-18-19-20-21-22-23-24-26-28-30-32-38(42)39-36(37(41)31-29-27-25-13-11-9-7-2)35-46-47(43,44)45-34-33-40(3,4)5/h18-19,36-37,41H,6-17,20-35H2,1-5H3,(H-,39,42,43,44)/b19-18-. The Balaban J connectivity index is 4.28.